The molecule has 0 unspecified atom stereocenters. The lowest BCUT2D eigenvalue weighted by atomic mass is 10.2. The van der Waals surface area contributed by atoms with E-state index in [9.17, 15) is 24.6 Å². The van der Waals surface area contributed by atoms with Gasteiger partial charge in [-0.1, -0.05) is 6.07 Å². The van der Waals surface area contributed by atoms with Gasteiger partial charge in [-0.25, -0.2) is 0 Å². The standard InChI is InChI=1S/C19H16N2O6S/c1-27-15-8-11(2-7-14(15)23)9-16-18(25)21(19(26)28-16)10-17(24)20-12-3-5-13(22)6-4-12/h2-9,22-23H,10H2,1H3,(H,20,24)/b16-9-. The van der Waals surface area contributed by atoms with E-state index in [4.69, 9.17) is 4.74 Å². The number of phenols is 2. The van der Waals surface area contributed by atoms with Crippen molar-refractivity contribution < 1.29 is 29.3 Å². The van der Waals surface area contributed by atoms with Crippen molar-refractivity contribution in [2.45, 2.75) is 0 Å². The Morgan fingerprint density at radius 2 is 1.89 bits per heavy atom. The predicted octanol–water partition coefficient (Wildman–Crippen LogP) is 2.78. The highest BCUT2D eigenvalue weighted by Crippen LogP contribution is 2.34. The summed E-state index contributed by atoms with van der Waals surface area (Å²) >= 11 is 0.727. The maximum atomic E-state index is 12.5. The average Bonchev–Trinajstić information content (AvgIpc) is 2.92. The van der Waals surface area contributed by atoms with Gasteiger partial charge in [-0.05, 0) is 59.8 Å². The van der Waals surface area contributed by atoms with Crippen molar-refractivity contribution in [3.63, 3.8) is 0 Å². The molecule has 0 atom stereocenters. The zero-order chi connectivity index (χ0) is 20.3. The summed E-state index contributed by atoms with van der Waals surface area (Å²) in [5.74, 6) is -0.872. The molecule has 0 aliphatic carbocycles. The third-order valence-electron chi connectivity index (χ3n) is 3.83. The number of ether oxygens (including phenoxy) is 1. The Morgan fingerprint density at radius 1 is 1.18 bits per heavy atom. The summed E-state index contributed by atoms with van der Waals surface area (Å²) in [6.07, 6.45) is 1.49. The number of benzene rings is 2. The van der Waals surface area contributed by atoms with E-state index in [1.165, 1.54) is 49.6 Å². The average molecular weight is 400 g/mol. The Balaban J connectivity index is 1.70. The van der Waals surface area contributed by atoms with Gasteiger partial charge in [-0.15, -0.1) is 0 Å². The van der Waals surface area contributed by atoms with Crippen LogP contribution in [-0.2, 0) is 9.59 Å². The van der Waals surface area contributed by atoms with Gasteiger partial charge >= 0.3 is 0 Å². The molecule has 1 saturated heterocycles. The summed E-state index contributed by atoms with van der Waals surface area (Å²) < 4.78 is 5.02. The number of nitrogens with zero attached hydrogens (tertiary/aromatic N) is 1. The Hall–Kier alpha value is -3.46. The zero-order valence-electron chi connectivity index (χ0n) is 14.7. The summed E-state index contributed by atoms with van der Waals surface area (Å²) in [7, 11) is 1.40. The summed E-state index contributed by atoms with van der Waals surface area (Å²) in [6, 6.07) is 10.3. The van der Waals surface area contributed by atoms with Gasteiger partial charge in [0, 0.05) is 5.69 Å². The third kappa shape index (κ3) is 4.26. The molecule has 2 aromatic rings. The van der Waals surface area contributed by atoms with Gasteiger partial charge < -0.3 is 20.3 Å². The predicted molar refractivity (Wildman–Crippen MR) is 104 cm³/mol. The third-order valence-corrected chi connectivity index (χ3v) is 4.74. The molecule has 0 spiro atoms. The number of phenolic OH excluding ortho intramolecular Hbond substituents is 2. The Bertz CT molecular complexity index is 971. The van der Waals surface area contributed by atoms with Gasteiger partial charge in [0.25, 0.3) is 11.1 Å². The monoisotopic (exact) mass is 400 g/mol. The van der Waals surface area contributed by atoms with E-state index >= 15 is 0 Å². The molecular weight excluding hydrogens is 384 g/mol. The largest absolute Gasteiger partial charge is 0.508 e. The van der Waals surface area contributed by atoms with Crippen LogP contribution in [0.4, 0.5) is 10.5 Å². The molecule has 28 heavy (non-hydrogen) atoms. The van der Waals surface area contributed by atoms with Crippen LogP contribution in [0.15, 0.2) is 47.4 Å². The van der Waals surface area contributed by atoms with Crippen molar-refractivity contribution in [2.75, 3.05) is 19.0 Å². The Kier molecular flexibility index (Phi) is 5.55. The molecule has 1 fully saturated rings. The smallest absolute Gasteiger partial charge is 0.294 e. The Morgan fingerprint density at radius 3 is 2.57 bits per heavy atom. The van der Waals surface area contributed by atoms with Crippen LogP contribution in [0.3, 0.4) is 0 Å². The lowest BCUT2D eigenvalue weighted by Gasteiger charge is -2.12. The molecule has 0 saturated carbocycles. The van der Waals surface area contributed by atoms with Crippen LogP contribution in [0, 0.1) is 0 Å². The highest BCUT2D eigenvalue weighted by atomic mass is 32.2. The molecular formula is C19H16N2O6S. The molecule has 3 N–H and O–H groups in total. The van der Waals surface area contributed by atoms with Crippen molar-refractivity contribution in [1.29, 1.82) is 0 Å². The minimum Gasteiger partial charge on any atom is -0.508 e. The van der Waals surface area contributed by atoms with Crippen molar-refractivity contribution >= 4 is 40.6 Å². The zero-order valence-corrected chi connectivity index (χ0v) is 15.5. The quantitative estimate of drug-likeness (QED) is 0.522. The lowest BCUT2D eigenvalue weighted by Crippen LogP contribution is -2.36. The van der Waals surface area contributed by atoms with Crippen LogP contribution < -0.4 is 10.1 Å². The number of thioether (sulfide) groups is 1. The SMILES string of the molecule is COc1cc(/C=C2\SC(=O)N(CC(=O)Nc3ccc(O)cc3)C2=O)ccc1O. The minimum absolute atomic E-state index is 0.0429. The number of aromatic hydroxyl groups is 2. The van der Waals surface area contributed by atoms with E-state index in [0.29, 0.717) is 11.3 Å². The van der Waals surface area contributed by atoms with Crippen LogP contribution in [0.1, 0.15) is 5.56 Å². The summed E-state index contributed by atoms with van der Waals surface area (Å²) in [4.78, 5) is 37.8. The van der Waals surface area contributed by atoms with Gasteiger partial charge in [0.05, 0.1) is 12.0 Å². The number of nitrogens with one attached hydrogen (secondary N) is 1. The second kappa shape index (κ2) is 8.05. The number of hydrogen-bond acceptors (Lipinski definition) is 7. The molecule has 1 heterocycles. The van der Waals surface area contributed by atoms with Crippen molar-refractivity contribution in [1.82, 2.24) is 4.90 Å². The molecule has 2 aromatic carbocycles. The summed E-state index contributed by atoms with van der Waals surface area (Å²) in [6.45, 7) is -0.429. The number of hydrogen-bond donors (Lipinski definition) is 3. The van der Waals surface area contributed by atoms with Crippen LogP contribution in [-0.4, -0.2) is 45.8 Å². The van der Waals surface area contributed by atoms with Gasteiger partial charge in [0.2, 0.25) is 5.91 Å². The second-order valence-corrected chi connectivity index (χ2v) is 6.79. The maximum absolute atomic E-state index is 12.5. The van der Waals surface area contributed by atoms with E-state index in [1.54, 1.807) is 6.07 Å². The molecule has 3 amide bonds. The van der Waals surface area contributed by atoms with Gasteiger partial charge in [-0.2, -0.15) is 0 Å². The van der Waals surface area contributed by atoms with E-state index in [-0.39, 0.29) is 22.2 Å². The Labute approximate surface area is 164 Å². The molecule has 1 aliphatic rings. The first-order valence-electron chi connectivity index (χ1n) is 8.08. The van der Waals surface area contributed by atoms with Crippen molar-refractivity contribution in [3.8, 4) is 17.2 Å². The summed E-state index contributed by atoms with van der Waals surface area (Å²) in [5, 5.41) is 20.9. The fourth-order valence-corrected chi connectivity index (χ4v) is 3.30. The maximum Gasteiger partial charge on any atom is 0.294 e. The van der Waals surface area contributed by atoms with Gasteiger partial charge in [-0.3, -0.25) is 19.3 Å². The number of imide groups is 1. The molecule has 0 radical (unpaired) electrons. The van der Waals surface area contributed by atoms with Gasteiger partial charge in [0.1, 0.15) is 12.3 Å². The first-order chi connectivity index (χ1) is 13.4. The number of methoxy groups -OCH3 is 1. The van der Waals surface area contributed by atoms with E-state index in [0.717, 1.165) is 16.7 Å². The molecule has 3 rings (SSSR count). The van der Waals surface area contributed by atoms with Crippen LogP contribution in [0.5, 0.6) is 17.2 Å². The molecule has 1 aliphatic heterocycles. The molecule has 0 aromatic heterocycles. The van der Waals surface area contributed by atoms with Crippen LogP contribution in [0.25, 0.3) is 6.08 Å². The highest BCUT2D eigenvalue weighted by molar-refractivity contribution is 8.18. The molecule has 9 heteroatoms. The van der Waals surface area contributed by atoms with Crippen LogP contribution in [0.2, 0.25) is 0 Å². The van der Waals surface area contributed by atoms with Crippen LogP contribution >= 0.6 is 11.8 Å². The number of carbonyl (C=O) groups excluding carboxylic acids is 3. The number of rotatable bonds is 5. The minimum atomic E-state index is -0.581. The fraction of sp³-hybridized carbons (Fsp3) is 0.105. The molecule has 0 bridgehead atoms. The normalized spacial score (nSPS) is 15.2. The van der Waals surface area contributed by atoms with Crippen molar-refractivity contribution in [2.24, 2.45) is 0 Å². The van der Waals surface area contributed by atoms with Gasteiger partial charge in [0.15, 0.2) is 11.5 Å². The lowest BCUT2D eigenvalue weighted by molar-refractivity contribution is -0.127. The number of carbonyl (C=O) groups is 3. The summed E-state index contributed by atoms with van der Waals surface area (Å²) in [5.41, 5.74) is 0.996. The highest BCUT2D eigenvalue weighted by Gasteiger charge is 2.36. The molecule has 8 nitrogen and oxygen atoms in total. The molecule has 144 valence electrons. The van der Waals surface area contributed by atoms with E-state index in [2.05, 4.69) is 5.32 Å². The first kappa shape index (κ1) is 19.3. The van der Waals surface area contributed by atoms with E-state index < -0.39 is 23.6 Å². The van der Waals surface area contributed by atoms with E-state index in [1.807, 2.05) is 0 Å². The first-order valence-corrected chi connectivity index (χ1v) is 8.90. The van der Waals surface area contributed by atoms with Crippen molar-refractivity contribution in [3.05, 3.63) is 52.9 Å². The fourth-order valence-electron chi connectivity index (χ4n) is 2.46. The number of amides is 3. The topological polar surface area (TPSA) is 116 Å². The number of anilines is 1. The second-order valence-electron chi connectivity index (χ2n) is 5.79.